The van der Waals surface area contributed by atoms with E-state index in [-0.39, 0.29) is 0 Å². The fraction of sp³-hybridized carbons (Fsp3) is 0.300. The fourth-order valence-electron chi connectivity index (χ4n) is 3.87. The Morgan fingerprint density at radius 3 is 2.69 bits per heavy atom. The van der Waals surface area contributed by atoms with Crippen molar-refractivity contribution in [2.24, 2.45) is 5.92 Å². The minimum Gasteiger partial charge on any atom is -0.468 e. The molecule has 134 valence electrons. The number of esters is 1. The standard InChI is InChI=1S/C20H18FNO4/c1-25-20(24)18-14(13-7-3-4-8-15(13)21)10-17-22(19(18)23)16-9-5-2-6-12(16)11-26-17/h2-9,14,17-18H,10-11H2,1H3/t14-,17-,18-/m1/s1. The highest BCUT2D eigenvalue weighted by atomic mass is 19.1. The molecule has 2 aromatic rings. The van der Waals surface area contributed by atoms with Crippen molar-refractivity contribution >= 4 is 17.6 Å². The maximum atomic E-state index is 14.4. The molecule has 2 aromatic carbocycles. The number of halogens is 1. The Kier molecular flexibility index (Phi) is 4.20. The Balaban J connectivity index is 1.79. The van der Waals surface area contributed by atoms with Gasteiger partial charge in [-0.15, -0.1) is 0 Å². The molecule has 3 atom stereocenters. The summed E-state index contributed by atoms with van der Waals surface area (Å²) < 4.78 is 25.1. The molecule has 1 fully saturated rings. The lowest BCUT2D eigenvalue weighted by atomic mass is 9.78. The second-order valence-corrected chi connectivity index (χ2v) is 6.47. The molecule has 0 spiro atoms. The maximum absolute atomic E-state index is 14.4. The molecule has 0 N–H and O–H groups in total. The molecule has 1 amide bonds. The van der Waals surface area contributed by atoms with E-state index < -0.39 is 35.8 Å². The van der Waals surface area contributed by atoms with E-state index in [2.05, 4.69) is 0 Å². The Morgan fingerprint density at radius 2 is 1.92 bits per heavy atom. The number of hydrogen-bond acceptors (Lipinski definition) is 4. The molecule has 2 heterocycles. The van der Waals surface area contributed by atoms with Crippen molar-refractivity contribution in [2.75, 3.05) is 12.0 Å². The van der Waals surface area contributed by atoms with Crippen molar-refractivity contribution in [3.8, 4) is 0 Å². The number of methoxy groups -OCH3 is 1. The summed E-state index contributed by atoms with van der Waals surface area (Å²) in [6.45, 7) is 0.373. The first-order valence-corrected chi connectivity index (χ1v) is 8.46. The van der Waals surface area contributed by atoms with Crippen LogP contribution in [0, 0.1) is 11.7 Å². The van der Waals surface area contributed by atoms with Gasteiger partial charge in [-0.3, -0.25) is 14.5 Å². The molecule has 0 aliphatic carbocycles. The van der Waals surface area contributed by atoms with Crippen LogP contribution in [0.2, 0.25) is 0 Å². The van der Waals surface area contributed by atoms with E-state index >= 15 is 0 Å². The summed E-state index contributed by atoms with van der Waals surface area (Å²) in [5.41, 5.74) is 1.94. The van der Waals surface area contributed by atoms with Crippen molar-refractivity contribution in [2.45, 2.75) is 25.2 Å². The van der Waals surface area contributed by atoms with Gasteiger partial charge in [0.1, 0.15) is 18.0 Å². The molecule has 0 aromatic heterocycles. The summed E-state index contributed by atoms with van der Waals surface area (Å²) in [5, 5.41) is 0. The van der Waals surface area contributed by atoms with Gasteiger partial charge in [0.15, 0.2) is 0 Å². The van der Waals surface area contributed by atoms with Gasteiger partial charge in [-0.2, -0.15) is 0 Å². The van der Waals surface area contributed by atoms with Crippen molar-refractivity contribution in [3.63, 3.8) is 0 Å². The van der Waals surface area contributed by atoms with E-state index in [4.69, 9.17) is 9.47 Å². The zero-order chi connectivity index (χ0) is 18.3. The zero-order valence-electron chi connectivity index (χ0n) is 14.2. The Labute approximate surface area is 150 Å². The van der Waals surface area contributed by atoms with Crippen molar-refractivity contribution in [1.82, 2.24) is 0 Å². The maximum Gasteiger partial charge on any atom is 0.318 e. The Hall–Kier alpha value is -2.73. The van der Waals surface area contributed by atoms with Crippen LogP contribution in [0.5, 0.6) is 0 Å². The van der Waals surface area contributed by atoms with Crippen molar-refractivity contribution in [3.05, 3.63) is 65.5 Å². The molecule has 2 aliphatic rings. The average molecular weight is 355 g/mol. The summed E-state index contributed by atoms with van der Waals surface area (Å²) in [6, 6.07) is 13.6. The van der Waals surface area contributed by atoms with Crippen molar-refractivity contribution < 1.29 is 23.5 Å². The van der Waals surface area contributed by atoms with E-state index in [9.17, 15) is 14.0 Å². The number of nitrogens with zero attached hydrogens (tertiary/aromatic N) is 1. The fourth-order valence-corrected chi connectivity index (χ4v) is 3.87. The summed E-state index contributed by atoms with van der Waals surface area (Å²) in [6.07, 6.45) is -0.219. The second-order valence-electron chi connectivity index (χ2n) is 6.47. The van der Waals surface area contributed by atoms with E-state index in [1.807, 2.05) is 24.3 Å². The zero-order valence-corrected chi connectivity index (χ0v) is 14.2. The molecular weight excluding hydrogens is 337 g/mol. The summed E-state index contributed by atoms with van der Waals surface area (Å²) >= 11 is 0. The third-order valence-corrected chi connectivity index (χ3v) is 5.09. The number of fused-ring (bicyclic) bond motifs is 3. The third kappa shape index (κ3) is 2.57. The van der Waals surface area contributed by atoms with Gasteiger partial charge >= 0.3 is 5.97 Å². The topological polar surface area (TPSA) is 55.8 Å². The third-order valence-electron chi connectivity index (χ3n) is 5.09. The van der Waals surface area contributed by atoms with E-state index in [1.165, 1.54) is 18.1 Å². The summed E-state index contributed by atoms with van der Waals surface area (Å²) in [7, 11) is 1.24. The lowest BCUT2D eigenvalue weighted by Gasteiger charge is -2.45. The number of rotatable bonds is 2. The van der Waals surface area contributed by atoms with Crippen LogP contribution in [0.1, 0.15) is 23.5 Å². The molecule has 4 rings (SSSR count). The summed E-state index contributed by atoms with van der Waals surface area (Å²) in [5.74, 6) is -3.27. The number of carbonyl (C=O) groups is 2. The first-order valence-electron chi connectivity index (χ1n) is 8.46. The molecule has 1 saturated heterocycles. The largest absolute Gasteiger partial charge is 0.468 e. The highest BCUT2D eigenvalue weighted by molar-refractivity contribution is 6.08. The molecule has 26 heavy (non-hydrogen) atoms. The van der Waals surface area contributed by atoms with Crippen LogP contribution in [0.3, 0.4) is 0 Å². The van der Waals surface area contributed by atoms with Crippen LogP contribution in [0.15, 0.2) is 48.5 Å². The van der Waals surface area contributed by atoms with E-state index in [1.54, 1.807) is 18.2 Å². The van der Waals surface area contributed by atoms with Gasteiger partial charge in [-0.1, -0.05) is 36.4 Å². The first-order chi connectivity index (χ1) is 12.6. The van der Waals surface area contributed by atoms with Crippen molar-refractivity contribution in [1.29, 1.82) is 0 Å². The average Bonchev–Trinajstić information content (AvgIpc) is 2.67. The van der Waals surface area contributed by atoms with E-state index in [0.29, 0.717) is 18.6 Å². The SMILES string of the molecule is COC(=O)[C@H]1C(=O)N2c3ccccc3CO[C@@H]2C[C@@H]1c1ccccc1F. The minimum atomic E-state index is -1.11. The van der Waals surface area contributed by atoms with Crippen LogP contribution in [-0.2, 0) is 25.7 Å². The lowest BCUT2D eigenvalue weighted by molar-refractivity contribution is -0.154. The van der Waals surface area contributed by atoms with Gasteiger partial charge < -0.3 is 9.47 Å². The molecular formula is C20H18FNO4. The predicted molar refractivity (Wildman–Crippen MR) is 91.8 cm³/mol. The molecule has 0 bridgehead atoms. The molecule has 5 nitrogen and oxygen atoms in total. The van der Waals surface area contributed by atoms with Gasteiger partial charge in [0.05, 0.1) is 19.4 Å². The monoisotopic (exact) mass is 355 g/mol. The van der Waals surface area contributed by atoms with Crippen LogP contribution < -0.4 is 4.90 Å². The number of piperidine rings is 1. The number of amides is 1. The Morgan fingerprint density at radius 1 is 1.19 bits per heavy atom. The lowest BCUT2D eigenvalue weighted by Crippen LogP contribution is -2.56. The van der Waals surface area contributed by atoms with Gasteiger partial charge in [-0.25, -0.2) is 4.39 Å². The molecule has 0 saturated carbocycles. The highest BCUT2D eigenvalue weighted by Crippen LogP contribution is 2.43. The molecule has 6 heteroatoms. The predicted octanol–water partition coefficient (Wildman–Crippen LogP) is 2.99. The van der Waals surface area contributed by atoms with Crippen LogP contribution in [0.25, 0.3) is 0 Å². The van der Waals surface area contributed by atoms with E-state index in [0.717, 1.165) is 11.3 Å². The van der Waals surface area contributed by atoms with Gasteiger partial charge in [0.25, 0.3) is 0 Å². The smallest absolute Gasteiger partial charge is 0.318 e. The highest BCUT2D eigenvalue weighted by Gasteiger charge is 2.50. The number of hydrogen-bond donors (Lipinski definition) is 0. The first kappa shape index (κ1) is 16.7. The van der Waals surface area contributed by atoms with Gasteiger partial charge in [0, 0.05) is 17.9 Å². The minimum absolute atomic E-state index is 0.320. The molecule has 0 radical (unpaired) electrons. The number of anilines is 1. The Bertz CT molecular complexity index is 868. The van der Waals surface area contributed by atoms with Crippen LogP contribution in [0.4, 0.5) is 10.1 Å². The summed E-state index contributed by atoms with van der Waals surface area (Å²) in [4.78, 5) is 27.2. The number of ether oxygens (including phenoxy) is 2. The number of carbonyl (C=O) groups excluding carboxylic acids is 2. The molecule has 0 unspecified atom stereocenters. The number of para-hydroxylation sites is 1. The number of benzene rings is 2. The quantitative estimate of drug-likeness (QED) is 0.614. The second kappa shape index (κ2) is 6.53. The van der Waals surface area contributed by atoms with Gasteiger partial charge in [0.2, 0.25) is 5.91 Å². The van der Waals surface area contributed by atoms with Crippen LogP contribution in [-0.4, -0.2) is 25.2 Å². The van der Waals surface area contributed by atoms with Gasteiger partial charge in [-0.05, 0) is 17.7 Å². The molecule has 2 aliphatic heterocycles. The normalized spacial score (nSPS) is 24.6. The van der Waals surface area contributed by atoms with Crippen LogP contribution >= 0.6 is 0 Å².